The number of nitrogens with zero attached hydrogens (tertiary/aromatic N) is 1. The number of ether oxygens (including phenoxy) is 1. The summed E-state index contributed by atoms with van der Waals surface area (Å²) in [7, 11) is 1.38. The molecule has 0 aliphatic rings. The van der Waals surface area contributed by atoms with Crippen LogP contribution in [0.2, 0.25) is 5.02 Å². The first kappa shape index (κ1) is 13.2. The molecule has 0 aliphatic heterocycles. The lowest BCUT2D eigenvalue weighted by Gasteiger charge is -2.07. The standard InChI is InChI=1S/C13H12ClNO2S/c1-8-5-12(18-7-13(16)17-2)10-6-9(14)3-4-11(10)15-8/h3-6H,7H2,1-2H3. The molecular formula is C13H12ClNO2S. The molecule has 2 aromatic rings. The zero-order valence-electron chi connectivity index (χ0n) is 10.1. The molecule has 0 atom stereocenters. The number of fused-ring (bicyclic) bond motifs is 1. The molecule has 0 bridgehead atoms. The number of aryl methyl sites for hydroxylation is 1. The van der Waals surface area contributed by atoms with E-state index >= 15 is 0 Å². The van der Waals surface area contributed by atoms with E-state index < -0.39 is 0 Å². The fourth-order valence-electron chi connectivity index (χ4n) is 1.61. The maximum atomic E-state index is 11.2. The molecule has 0 unspecified atom stereocenters. The third kappa shape index (κ3) is 2.94. The summed E-state index contributed by atoms with van der Waals surface area (Å²) in [5, 5.41) is 1.62. The van der Waals surface area contributed by atoms with E-state index in [0.717, 1.165) is 21.5 Å². The first-order valence-electron chi connectivity index (χ1n) is 5.36. The van der Waals surface area contributed by atoms with Crippen molar-refractivity contribution in [2.75, 3.05) is 12.9 Å². The van der Waals surface area contributed by atoms with Crippen LogP contribution in [0.15, 0.2) is 29.2 Å². The van der Waals surface area contributed by atoms with Crippen LogP contribution in [-0.2, 0) is 9.53 Å². The molecule has 0 radical (unpaired) electrons. The Morgan fingerprint density at radius 2 is 2.22 bits per heavy atom. The number of carbonyl (C=O) groups is 1. The van der Waals surface area contributed by atoms with Crippen molar-refractivity contribution in [1.82, 2.24) is 4.98 Å². The SMILES string of the molecule is COC(=O)CSc1cc(C)nc2ccc(Cl)cc12. The van der Waals surface area contributed by atoms with Crippen molar-refractivity contribution in [1.29, 1.82) is 0 Å². The minimum absolute atomic E-state index is 0.246. The van der Waals surface area contributed by atoms with E-state index in [0.29, 0.717) is 5.02 Å². The van der Waals surface area contributed by atoms with Gasteiger partial charge in [0.2, 0.25) is 0 Å². The van der Waals surface area contributed by atoms with Gasteiger partial charge in [-0.05, 0) is 31.2 Å². The van der Waals surface area contributed by atoms with Crippen molar-refractivity contribution in [3.63, 3.8) is 0 Å². The fraction of sp³-hybridized carbons (Fsp3) is 0.231. The van der Waals surface area contributed by atoms with Gasteiger partial charge >= 0.3 is 5.97 Å². The minimum Gasteiger partial charge on any atom is -0.468 e. The van der Waals surface area contributed by atoms with Crippen molar-refractivity contribution in [2.24, 2.45) is 0 Å². The molecule has 3 nitrogen and oxygen atoms in total. The van der Waals surface area contributed by atoms with E-state index in [1.54, 1.807) is 0 Å². The van der Waals surface area contributed by atoms with E-state index in [-0.39, 0.29) is 11.7 Å². The van der Waals surface area contributed by atoms with E-state index in [4.69, 9.17) is 11.6 Å². The third-order valence-electron chi connectivity index (χ3n) is 2.43. The predicted molar refractivity (Wildman–Crippen MR) is 74.2 cm³/mol. The summed E-state index contributed by atoms with van der Waals surface area (Å²) >= 11 is 7.42. The van der Waals surface area contributed by atoms with Crippen LogP contribution < -0.4 is 0 Å². The Morgan fingerprint density at radius 1 is 1.44 bits per heavy atom. The summed E-state index contributed by atoms with van der Waals surface area (Å²) in [4.78, 5) is 16.6. The molecule has 0 saturated heterocycles. The Hall–Kier alpha value is -1.26. The van der Waals surface area contributed by atoms with Crippen LogP contribution in [0.3, 0.4) is 0 Å². The van der Waals surface area contributed by atoms with E-state index in [1.165, 1.54) is 18.9 Å². The maximum Gasteiger partial charge on any atom is 0.315 e. The largest absolute Gasteiger partial charge is 0.468 e. The third-order valence-corrected chi connectivity index (χ3v) is 3.70. The highest BCUT2D eigenvalue weighted by molar-refractivity contribution is 8.00. The topological polar surface area (TPSA) is 39.2 Å². The number of methoxy groups -OCH3 is 1. The number of hydrogen-bond acceptors (Lipinski definition) is 4. The smallest absolute Gasteiger partial charge is 0.315 e. The normalized spacial score (nSPS) is 10.6. The molecule has 2 rings (SSSR count). The Morgan fingerprint density at radius 3 is 2.94 bits per heavy atom. The predicted octanol–water partition coefficient (Wildman–Crippen LogP) is 3.46. The fourth-order valence-corrected chi connectivity index (χ4v) is 2.74. The molecule has 18 heavy (non-hydrogen) atoms. The molecule has 0 N–H and O–H groups in total. The molecule has 0 aliphatic carbocycles. The quantitative estimate of drug-likeness (QED) is 0.638. The number of aromatic nitrogens is 1. The highest BCUT2D eigenvalue weighted by atomic mass is 35.5. The second kappa shape index (κ2) is 5.59. The molecule has 94 valence electrons. The van der Waals surface area contributed by atoms with Crippen LogP contribution in [0.1, 0.15) is 5.69 Å². The van der Waals surface area contributed by atoms with Gasteiger partial charge in [0, 0.05) is 21.0 Å². The minimum atomic E-state index is -0.246. The number of pyridine rings is 1. The average molecular weight is 282 g/mol. The number of benzene rings is 1. The first-order chi connectivity index (χ1) is 8.60. The van der Waals surface area contributed by atoms with Crippen LogP contribution >= 0.6 is 23.4 Å². The van der Waals surface area contributed by atoms with Crippen LogP contribution in [0.5, 0.6) is 0 Å². The molecule has 5 heteroatoms. The second-order valence-electron chi connectivity index (χ2n) is 3.79. The average Bonchev–Trinajstić information content (AvgIpc) is 2.36. The lowest BCUT2D eigenvalue weighted by Crippen LogP contribution is -2.03. The van der Waals surface area contributed by atoms with Gasteiger partial charge in [0.25, 0.3) is 0 Å². The summed E-state index contributed by atoms with van der Waals surface area (Å²) in [6, 6.07) is 7.51. The zero-order chi connectivity index (χ0) is 13.1. The number of esters is 1. The van der Waals surface area contributed by atoms with Crippen LogP contribution in [0, 0.1) is 6.92 Å². The summed E-state index contributed by atoms with van der Waals surface area (Å²) in [5.74, 6) is 0.0336. The monoisotopic (exact) mass is 281 g/mol. The lowest BCUT2D eigenvalue weighted by molar-refractivity contribution is -0.137. The van der Waals surface area contributed by atoms with Gasteiger partial charge in [0.05, 0.1) is 18.4 Å². The highest BCUT2D eigenvalue weighted by Crippen LogP contribution is 2.29. The molecule has 0 saturated carbocycles. The Balaban J connectivity index is 2.41. The summed E-state index contributed by atoms with van der Waals surface area (Å²) < 4.78 is 4.64. The number of halogens is 1. The van der Waals surface area contributed by atoms with Crippen molar-refractivity contribution in [3.8, 4) is 0 Å². The Bertz CT molecular complexity index is 601. The van der Waals surface area contributed by atoms with Crippen molar-refractivity contribution in [3.05, 3.63) is 35.0 Å². The molecule has 0 fully saturated rings. The highest BCUT2D eigenvalue weighted by Gasteiger charge is 2.08. The number of hydrogen-bond donors (Lipinski definition) is 0. The molecule has 0 amide bonds. The van der Waals surface area contributed by atoms with Crippen LogP contribution in [0.4, 0.5) is 0 Å². The number of thioether (sulfide) groups is 1. The van der Waals surface area contributed by atoms with E-state index in [1.807, 2.05) is 31.2 Å². The van der Waals surface area contributed by atoms with Crippen molar-refractivity contribution >= 4 is 40.2 Å². The van der Waals surface area contributed by atoms with E-state index in [2.05, 4.69) is 9.72 Å². The van der Waals surface area contributed by atoms with Gasteiger partial charge in [-0.25, -0.2) is 0 Å². The first-order valence-corrected chi connectivity index (χ1v) is 6.73. The zero-order valence-corrected chi connectivity index (χ0v) is 11.6. The second-order valence-corrected chi connectivity index (χ2v) is 5.24. The van der Waals surface area contributed by atoms with Gasteiger partial charge in [0.1, 0.15) is 0 Å². The van der Waals surface area contributed by atoms with Crippen molar-refractivity contribution < 1.29 is 9.53 Å². The molecule has 0 spiro atoms. The summed E-state index contributed by atoms with van der Waals surface area (Å²) in [5.41, 5.74) is 1.80. The van der Waals surface area contributed by atoms with Crippen LogP contribution in [0.25, 0.3) is 10.9 Å². The Kier molecular flexibility index (Phi) is 4.09. The molecular weight excluding hydrogens is 270 g/mol. The van der Waals surface area contributed by atoms with Crippen molar-refractivity contribution in [2.45, 2.75) is 11.8 Å². The van der Waals surface area contributed by atoms with Gasteiger partial charge < -0.3 is 4.74 Å². The van der Waals surface area contributed by atoms with Gasteiger partial charge in [-0.15, -0.1) is 11.8 Å². The maximum absolute atomic E-state index is 11.2. The molecule has 1 aromatic carbocycles. The number of carbonyl (C=O) groups excluding carboxylic acids is 1. The van der Waals surface area contributed by atoms with Gasteiger partial charge in [0.15, 0.2) is 0 Å². The summed E-state index contributed by atoms with van der Waals surface area (Å²) in [6.07, 6.45) is 0. The number of rotatable bonds is 3. The van der Waals surface area contributed by atoms with Gasteiger partial charge in [-0.2, -0.15) is 0 Å². The summed E-state index contributed by atoms with van der Waals surface area (Å²) in [6.45, 7) is 1.93. The van der Waals surface area contributed by atoms with Gasteiger partial charge in [-0.1, -0.05) is 11.6 Å². The molecule has 1 heterocycles. The van der Waals surface area contributed by atoms with Crippen LogP contribution in [-0.4, -0.2) is 23.8 Å². The molecule has 1 aromatic heterocycles. The van der Waals surface area contributed by atoms with Gasteiger partial charge in [-0.3, -0.25) is 9.78 Å². The Labute approximate surface area is 114 Å². The lowest BCUT2D eigenvalue weighted by atomic mass is 10.2. The van der Waals surface area contributed by atoms with E-state index in [9.17, 15) is 4.79 Å².